The normalized spacial score (nSPS) is 5.40. The van der Waals surface area contributed by atoms with E-state index >= 15 is 0 Å². The summed E-state index contributed by atoms with van der Waals surface area (Å²) in [5, 5.41) is 0. The molecule has 0 aliphatic rings. The molecule has 0 aromatic heterocycles. The molecule has 0 aromatic carbocycles. The SMILES string of the molecule is [Br][Ce]([Br])[Br].[La]. The fraction of sp³-hybridized carbons (Fsp3) is 0. The molecule has 0 atom stereocenters. The molecule has 28 valence electrons. The fourth-order valence-corrected chi connectivity index (χ4v) is 0. The Morgan fingerprint density at radius 2 is 1.00 bits per heavy atom. The van der Waals surface area contributed by atoms with Gasteiger partial charge in [0.2, 0.25) is 0 Å². The van der Waals surface area contributed by atoms with Crippen molar-refractivity contribution in [1.29, 1.82) is 0 Å². The van der Waals surface area contributed by atoms with E-state index in [-0.39, 0.29) is 35.6 Å². The van der Waals surface area contributed by atoms with Gasteiger partial charge in [-0.05, 0) is 0 Å². The summed E-state index contributed by atoms with van der Waals surface area (Å²) in [6, 6.07) is 0. The molecule has 5 heavy (non-hydrogen) atoms. The maximum Gasteiger partial charge on any atom is 0 e. The van der Waals surface area contributed by atoms with Crippen LogP contribution in [0.25, 0.3) is 0 Å². The molecule has 0 aliphatic carbocycles. The molecule has 0 fully saturated rings. The van der Waals surface area contributed by atoms with Gasteiger partial charge < -0.3 is 0 Å². The van der Waals surface area contributed by atoms with Crippen LogP contribution in [0, 0.1) is 61.7 Å². The molecule has 0 bridgehead atoms. The van der Waals surface area contributed by atoms with Gasteiger partial charge in [-0.2, -0.15) is 0 Å². The van der Waals surface area contributed by atoms with Crippen LogP contribution in [0.4, 0.5) is 0 Å². The van der Waals surface area contributed by atoms with E-state index in [9.17, 15) is 0 Å². The summed E-state index contributed by atoms with van der Waals surface area (Å²) in [7, 11) is 9.95. The Balaban J connectivity index is 0. The summed E-state index contributed by atoms with van der Waals surface area (Å²) >= 11 is -1.22. The first kappa shape index (κ1) is 11.8. The Labute approximate surface area is 84.7 Å². The fourth-order valence-electron chi connectivity index (χ4n) is 0. The van der Waals surface area contributed by atoms with Crippen LogP contribution in [0.15, 0.2) is 0 Å². The van der Waals surface area contributed by atoms with E-state index in [2.05, 4.69) is 26.4 Å². The third-order valence-corrected chi connectivity index (χ3v) is 0. The second-order valence-corrected chi connectivity index (χ2v) is 42.1. The van der Waals surface area contributed by atoms with Gasteiger partial charge in [0.1, 0.15) is 0 Å². The maximum absolute atomic E-state index is 3.32. The minimum absolute atomic E-state index is 0. The molecule has 1 radical (unpaired) electrons. The van der Waals surface area contributed by atoms with Gasteiger partial charge in [-0.25, -0.2) is 0 Å². The minimum Gasteiger partial charge on any atom is 0 e. The van der Waals surface area contributed by atoms with Gasteiger partial charge in [0.25, 0.3) is 0 Å². The van der Waals surface area contributed by atoms with Crippen LogP contribution in [-0.4, -0.2) is 0 Å². The molecular formula is Br3CeLa. The molecule has 0 aromatic rings. The molecule has 0 aliphatic heterocycles. The van der Waals surface area contributed by atoms with E-state index in [1.165, 1.54) is 0 Å². The average molecular weight is 519 g/mol. The maximum atomic E-state index is 3.32. The van der Waals surface area contributed by atoms with E-state index in [1.807, 2.05) is 0 Å². The Bertz CT molecular complexity index is 11.6. The summed E-state index contributed by atoms with van der Waals surface area (Å²) in [6.45, 7) is 0. The van der Waals surface area contributed by atoms with Crippen LogP contribution in [0.2, 0.25) is 0 Å². The quantitative estimate of drug-likeness (QED) is 0.463. The zero-order valence-corrected chi connectivity index (χ0v) is 13.7. The number of hydrogen-bond donors (Lipinski definition) is 0. The van der Waals surface area contributed by atoms with Crippen molar-refractivity contribution in [2.24, 2.45) is 0 Å². The molecular weight excluding hydrogens is 519 g/mol. The van der Waals surface area contributed by atoms with E-state index < -0.39 is 26.1 Å². The molecule has 0 amide bonds. The van der Waals surface area contributed by atoms with Crippen molar-refractivity contribution >= 4 is 26.4 Å². The molecule has 5 heteroatoms. The van der Waals surface area contributed by atoms with Gasteiger partial charge in [-0.1, -0.05) is 0 Å². The van der Waals surface area contributed by atoms with Gasteiger partial charge in [-0.3, -0.25) is 0 Å². The van der Waals surface area contributed by atoms with Crippen molar-refractivity contribution in [2.75, 3.05) is 0 Å². The topological polar surface area (TPSA) is 0 Å². The van der Waals surface area contributed by atoms with E-state index in [0.29, 0.717) is 0 Å². The first-order valence-electron chi connectivity index (χ1n) is 0.567. The number of hydrogen-bond acceptors (Lipinski definition) is 0. The van der Waals surface area contributed by atoms with Crippen LogP contribution < -0.4 is 0 Å². The van der Waals surface area contributed by atoms with E-state index in [0.717, 1.165) is 0 Å². The molecule has 0 N–H and O–H groups in total. The van der Waals surface area contributed by atoms with Crippen LogP contribution >= 0.6 is 26.4 Å². The summed E-state index contributed by atoms with van der Waals surface area (Å²) in [5.41, 5.74) is 0. The van der Waals surface area contributed by atoms with Crippen molar-refractivity contribution in [3.8, 4) is 0 Å². The van der Waals surface area contributed by atoms with Crippen molar-refractivity contribution < 1.29 is 61.7 Å². The Hall–Kier alpha value is 4.01. The number of rotatable bonds is 0. The predicted octanol–water partition coefficient (Wildman–Crippen LogP) is 2.54. The van der Waals surface area contributed by atoms with Crippen LogP contribution in [0.1, 0.15) is 0 Å². The van der Waals surface area contributed by atoms with Crippen LogP contribution in [0.5, 0.6) is 0 Å². The van der Waals surface area contributed by atoms with Gasteiger partial charge in [-0.15, -0.1) is 0 Å². The monoisotopic (exact) mass is 516 g/mol. The van der Waals surface area contributed by atoms with Gasteiger partial charge in [0.15, 0.2) is 0 Å². The van der Waals surface area contributed by atoms with Crippen LogP contribution in [-0.2, 0) is 0 Å². The first-order chi connectivity index (χ1) is 1.73. The molecule has 0 unspecified atom stereocenters. The molecule has 0 saturated carbocycles. The zero-order chi connectivity index (χ0) is 3.58. The first-order valence-corrected chi connectivity index (χ1v) is 21.4. The Morgan fingerprint density at radius 3 is 1.00 bits per heavy atom. The van der Waals surface area contributed by atoms with E-state index in [1.54, 1.807) is 0 Å². The second kappa shape index (κ2) is 8.01. The Kier molecular flexibility index (Phi) is 18.9. The van der Waals surface area contributed by atoms with Crippen molar-refractivity contribution in [3.63, 3.8) is 0 Å². The average Bonchev–Trinajstić information content (AvgIpc) is 0.811. The summed E-state index contributed by atoms with van der Waals surface area (Å²) in [6.07, 6.45) is 0. The Morgan fingerprint density at radius 1 is 1.00 bits per heavy atom. The summed E-state index contributed by atoms with van der Waals surface area (Å²) in [4.78, 5) is 0. The van der Waals surface area contributed by atoms with Crippen molar-refractivity contribution in [1.82, 2.24) is 0 Å². The van der Waals surface area contributed by atoms with Crippen LogP contribution in [0.3, 0.4) is 0 Å². The zero-order valence-electron chi connectivity index (χ0n) is 2.21. The molecule has 0 heterocycles. The smallest absolute Gasteiger partial charge is 0 e. The third-order valence-electron chi connectivity index (χ3n) is 0. The van der Waals surface area contributed by atoms with Gasteiger partial charge in [0, 0.05) is 35.6 Å². The summed E-state index contributed by atoms with van der Waals surface area (Å²) < 4.78 is 0. The van der Waals surface area contributed by atoms with Crippen molar-refractivity contribution in [2.45, 2.75) is 0 Å². The minimum atomic E-state index is -1.22. The predicted molar refractivity (Wildman–Crippen MR) is 26.8 cm³/mol. The number of halogens is 3. The van der Waals surface area contributed by atoms with Gasteiger partial charge >= 0.3 is 52.5 Å². The standard InChI is InChI=1S/3BrH.Ce.La/h3*1H;;/q;;;+3;/p-3. The van der Waals surface area contributed by atoms with Crippen molar-refractivity contribution in [3.05, 3.63) is 0 Å². The third kappa shape index (κ3) is 18.0. The molecule has 0 rings (SSSR count). The molecule has 0 nitrogen and oxygen atoms in total. The molecule has 0 saturated heterocycles. The largest absolute Gasteiger partial charge is 0 e. The second-order valence-electron chi connectivity index (χ2n) is 0.214. The molecule has 0 spiro atoms. The summed E-state index contributed by atoms with van der Waals surface area (Å²) in [5.74, 6) is 0. The van der Waals surface area contributed by atoms with E-state index in [4.69, 9.17) is 0 Å². The van der Waals surface area contributed by atoms with Gasteiger partial charge in [0.05, 0.1) is 0 Å².